The van der Waals surface area contributed by atoms with Crippen LogP contribution in [0.5, 0.6) is 0 Å². The third kappa shape index (κ3) is 6.22. The van der Waals surface area contributed by atoms with Gasteiger partial charge in [0.1, 0.15) is 0 Å². The van der Waals surface area contributed by atoms with Crippen molar-refractivity contribution in [2.75, 3.05) is 26.2 Å². The molecule has 0 saturated carbocycles. The van der Waals surface area contributed by atoms with Gasteiger partial charge in [0.15, 0.2) is 0 Å². The summed E-state index contributed by atoms with van der Waals surface area (Å²) in [6.45, 7) is 8.00. The molecule has 0 fully saturated rings. The Balaban J connectivity index is 2.31. The number of carbonyl (C=O) groups excluding carboxylic acids is 1. The van der Waals surface area contributed by atoms with Gasteiger partial charge in [-0.15, -0.1) is 0 Å². The summed E-state index contributed by atoms with van der Waals surface area (Å²) >= 11 is 0. The second-order valence-electron chi connectivity index (χ2n) is 5.15. The highest BCUT2D eigenvalue weighted by Gasteiger charge is 2.14. The van der Waals surface area contributed by atoms with Crippen molar-refractivity contribution in [3.8, 4) is 0 Å². The fourth-order valence-corrected chi connectivity index (χ4v) is 2.30. The molecule has 6 heteroatoms. The van der Waals surface area contributed by atoms with Gasteiger partial charge >= 0.3 is 0 Å². The van der Waals surface area contributed by atoms with E-state index in [1.807, 2.05) is 0 Å². The number of nitro groups is 1. The maximum Gasteiger partial charge on any atom is 0.273 e. The minimum atomic E-state index is -0.452. The van der Waals surface area contributed by atoms with E-state index in [0.717, 1.165) is 32.5 Å². The maximum absolute atomic E-state index is 11.9. The van der Waals surface area contributed by atoms with Crippen molar-refractivity contribution in [2.24, 2.45) is 0 Å². The molecule has 0 aromatic heterocycles. The zero-order valence-electron chi connectivity index (χ0n) is 13.4. The molecule has 22 heavy (non-hydrogen) atoms. The summed E-state index contributed by atoms with van der Waals surface area (Å²) in [7, 11) is 0. The van der Waals surface area contributed by atoms with Gasteiger partial charge < -0.3 is 10.2 Å². The Labute approximate surface area is 131 Å². The van der Waals surface area contributed by atoms with E-state index in [0.29, 0.717) is 12.1 Å². The molecule has 1 aromatic rings. The first-order valence-corrected chi connectivity index (χ1v) is 7.79. The van der Waals surface area contributed by atoms with E-state index in [4.69, 9.17) is 0 Å². The first kappa shape index (κ1) is 18.1. The third-order valence-electron chi connectivity index (χ3n) is 3.66. The Morgan fingerprint density at radius 2 is 1.91 bits per heavy atom. The minimum absolute atomic E-state index is 0.000756. The summed E-state index contributed by atoms with van der Waals surface area (Å²) < 4.78 is 0. The number of hydrogen-bond acceptors (Lipinski definition) is 4. The number of para-hydroxylation sites is 1. The average Bonchev–Trinajstić information content (AvgIpc) is 2.51. The summed E-state index contributed by atoms with van der Waals surface area (Å²) in [4.78, 5) is 24.6. The highest BCUT2D eigenvalue weighted by Crippen LogP contribution is 2.17. The Bertz CT molecular complexity index is 487. The van der Waals surface area contributed by atoms with E-state index in [-0.39, 0.29) is 18.0 Å². The fourth-order valence-electron chi connectivity index (χ4n) is 2.30. The van der Waals surface area contributed by atoms with Crippen LogP contribution in [-0.4, -0.2) is 41.9 Å². The average molecular weight is 307 g/mol. The molecule has 122 valence electrons. The lowest BCUT2D eigenvalue weighted by molar-refractivity contribution is -0.385. The number of benzene rings is 1. The van der Waals surface area contributed by atoms with Gasteiger partial charge in [-0.05, 0) is 32.5 Å². The van der Waals surface area contributed by atoms with Gasteiger partial charge in [-0.3, -0.25) is 14.9 Å². The monoisotopic (exact) mass is 307 g/mol. The quantitative estimate of drug-likeness (QED) is 0.409. The van der Waals surface area contributed by atoms with Gasteiger partial charge in [0.05, 0.1) is 11.3 Å². The van der Waals surface area contributed by atoms with E-state index in [1.54, 1.807) is 18.2 Å². The molecule has 0 spiro atoms. The zero-order valence-corrected chi connectivity index (χ0v) is 13.4. The Morgan fingerprint density at radius 3 is 2.55 bits per heavy atom. The predicted molar refractivity (Wildman–Crippen MR) is 86.8 cm³/mol. The highest BCUT2D eigenvalue weighted by atomic mass is 16.6. The molecule has 0 radical (unpaired) electrons. The molecule has 0 saturated heterocycles. The lowest BCUT2D eigenvalue weighted by Crippen LogP contribution is -2.28. The smallest absolute Gasteiger partial charge is 0.273 e. The van der Waals surface area contributed by atoms with Crippen LogP contribution in [0.1, 0.15) is 32.3 Å². The maximum atomic E-state index is 11.9. The second-order valence-corrected chi connectivity index (χ2v) is 5.15. The molecule has 0 aliphatic heterocycles. The molecule has 0 bridgehead atoms. The van der Waals surface area contributed by atoms with Gasteiger partial charge in [-0.1, -0.05) is 32.0 Å². The van der Waals surface area contributed by atoms with Gasteiger partial charge in [-0.2, -0.15) is 0 Å². The van der Waals surface area contributed by atoms with Gasteiger partial charge in [-0.25, -0.2) is 0 Å². The standard InChI is InChI=1S/C16H25N3O3/c1-3-18(4-2)12-8-7-11-17-16(20)13-14-9-5-6-10-15(14)19(21)22/h5-6,9-10H,3-4,7-8,11-13H2,1-2H3,(H,17,20). The van der Waals surface area contributed by atoms with Crippen LogP contribution in [-0.2, 0) is 11.2 Å². The molecule has 0 atom stereocenters. The first-order chi connectivity index (χ1) is 10.6. The highest BCUT2D eigenvalue weighted by molar-refractivity contribution is 5.79. The van der Waals surface area contributed by atoms with Gasteiger partial charge in [0.2, 0.25) is 5.91 Å². The predicted octanol–water partition coefficient (Wildman–Crippen LogP) is 2.38. The van der Waals surface area contributed by atoms with Crippen LogP contribution in [0.4, 0.5) is 5.69 Å². The number of amides is 1. The van der Waals surface area contributed by atoms with Crippen LogP contribution >= 0.6 is 0 Å². The summed E-state index contributed by atoms with van der Waals surface area (Å²) in [6.07, 6.45) is 2.00. The van der Waals surface area contributed by atoms with Crippen molar-refractivity contribution in [2.45, 2.75) is 33.1 Å². The van der Waals surface area contributed by atoms with Crippen LogP contribution in [0.25, 0.3) is 0 Å². The van der Waals surface area contributed by atoms with Crippen LogP contribution in [0.15, 0.2) is 24.3 Å². The number of carbonyl (C=O) groups is 1. The van der Waals surface area contributed by atoms with Gasteiger partial charge in [0.25, 0.3) is 5.69 Å². The number of nitrogens with one attached hydrogen (secondary N) is 1. The fraction of sp³-hybridized carbons (Fsp3) is 0.562. The molecule has 0 aliphatic carbocycles. The van der Waals surface area contributed by atoms with Crippen molar-refractivity contribution in [3.63, 3.8) is 0 Å². The second kappa shape index (κ2) is 9.89. The Kier molecular flexibility index (Phi) is 8.14. The van der Waals surface area contributed by atoms with E-state index in [1.165, 1.54) is 6.07 Å². The topological polar surface area (TPSA) is 75.5 Å². The van der Waals surface area contributed by atoms with E-state index in [2.05, 4.69) is 24.1 Å². The third-order valence-corrected chi connectivity index (χ3v) is 3.66. The van der Waals surface area contributed by atoms with Crippen molar-refractivity contribution in [1.29, 1.82) is 0 Å². The molecule has 0 heterocycles. The summed E-state index contributed by atoms with van der Waals surface area (Å²) in [5, 5.41) is 13.7. The Hall–Kier alpha value is -1.95. The van der Waals surface area contributed by atoms with Crippen LogP contribution in [0.3, 0.4) is 0 Å². The molecular formula is C16H25N3O3. The van der Waals surface area contributed by atoms with Crippen molar-refractivity contribution in [3.05, 3.63) is 39.9 Å². The number of hydrogen-bond donors (Lipinski definition) is 1. The van der Waals surface area contributed by atoms with Crippen molar-refractivity contribution >= 4 is 11.6 Å². The molecular weight excluding hydrogens is 282 g/mol. The molecule has 1 rings (SSSR count). The number of unbranched alkanes of at least 4 members (excludes halogenated alkanes) is 1. The number of rotatable bonds is 10. The van der Waals surface area contributed by atoms with Crippen LogP contribution < -0.4 is 5.32 Å². The van der Waals surface area contributed by atoms with E-state index in [9.17, 15) is 14.9 Å². The lowest BCUT2D eigenvalue weighted by Gasteiger charge is -2.17. The Morgan fingerprint density at radius 1 is 1.23 bits per heavy atom. The largest absolute Gasteiger partial charge is 0.356 e. The number of nitro benzene ring substituents is 1. The molecule has 1 aromatic carbocycles. The van der Waals surface area contributed by atoms with Gasteiger partial charge in [0, 0.05) is 18.2 Å². The zero-order chi connectivity index (χ0) is 16.4. The normalized spacial score (nSPS) is 10.7. The molecule has 0 aliphatic rings. The van der Waals surface area contributed by atoms with Crippen LogP contribution in [0.2, 0.25) is 0 Å². The molecule has 1 N–H and O–H groups in total. The van der Waals surface area contributed by atoms with E-state index >= 15 is 0 Å². The summed E-state index contributed by atoms with van der Waals surface area (Å²) in [6, 6.07) is 6.36. The SMILES string of the molecule is CCN(CC)CCCCNC(=O)Cc1ccccc1[N+](=O)[O-]. The lowest BCUT2D eigenvalue weighted by atomic mass is 10.1. The van der Waals surface area contributed by atoms with Crippen molar-refractivity contribution < 1.29 is 9.72 Å². The first-order valence-electron chi connectivity index (χ1n) is 7.79. The summed E-state index contributed by atoms with van der Waals surface area (Å²) in [5.74, 6) is -0.169. The minimum Gasteiger partial charge on any atom is -0.356 e. The molecule has 6 nitrogen and oxygen atoms in total. The summed E-state index contributed by atoms with van der Waals surface area (Å²) in [5.41, 5.74) is 0.451. The van der Waals surface area contributed by atoms with Crippen LogP contribution in [0, 0.1) is 10.1 Å². The van der Waals surface area contributed by atoms with E-state index < -0.39 is 4.92 Å². The number of nitrogens with zero attached hydrogens (tertiary/aromatic N) is 2. The molecule has 1 amide bonds. The van der Waals surface area contributed by atoms with Crippen molar-refractivity contribution in [1.82, 2.24) is 10.2 Å². The molecule has 0 unspecified atom stereocenters.